The molecule has 1 heterocycles. The molecule has 1 saturated heterocycles. The van der Waals surface area contributed by atoms with E-state index >= 15 is 0 Å². The Morgan fingerprint density at radius 3 is 2.82 bits per heavy atom. The van der Waals surface area contributed by atoms with E-state index in [2.05, 4.69) is 4.72 Å². The third-order valence-corrected chi connectivity index (χ3v) is 6.67. The molecule has 0 aromatic heterocycles. The molecule has 2 N–H and O–H groups in total. The highest BCUT2D eigenvalue weighted by Gasteiger charge is 2.36. The zero-order chi connectivity index (χ0) is 16.2. The molecule has 0 saturated carbocycles. The van der Waals surface area contributed by atoms with Crippen LogP contribution in [0.2, 0.25) is 10.0 Å². The van der Waals surface area contributed by atoms with Gasteiger partial charge in [0.05, 0.1) is 23.8 Å². The van der Waals surface area contributed by atoms with E-state index < -0.39 is 15.6 Å². The van der Waals surface area contributed by atoms with E-state index in [4.69, 9.17) is 33.0 Å². The van der Waals surface area contributed by atoms with Gasteiger partial charge in [-0.1, -0.05) is 23.2 Å². The van der Waals surface area contributed by atoms with Gasteiger partial charge in [-0.05, 0) is 30.4 Å². The second-order valence-electron chi connectivity index (χ2n) is 4.96. The molecular weight excluding hydrogens is 369 g/mol. The summed E-state index contributed by atoms with van der Waals surface area (Å²) >= 11 is 13.5. The first-order chi connectivity index (χ1) is 10.4. The Morgan fingerprint density at radius 1 is 1.41 bits per heavy atom. The fourth-order valence-electron chi connectivity index (χ4n) is 2.14. The summed E-state index contributed by atoms with van der Waals surface area (Å²) in [4.78, 5) is -0.0513. The number of halogens is 2. The van der Waals surface area contributed by atoms with Crippen molar-refractivity contribution in [2.24, 2.45) is 0 Å². The van der Waals surface area contributed by atoms with Crippen molar-refractivity contribution in [3.8, 4) is 0 Å². The number of benzene rings is 1. The number of aliphatic hydroxyl groups excluding tert-OH is 1. The van der Waals surface area contributed by atoms with Gasteiger partial charge in [-0.25, -0.2) is 13.1 Å². The predicted octanol–water partition coefficient (Wildman–Crippen LogP) is 2.16. The van der Waals surface area contributed by atoms with Gasteiger partial charge in [0, 0.05) is 17.3 Å². The Kier molecular flexibility index (Phi) is 6.41. The zero-order valence-corrected chi connectivity index (χ0v) is 14.9. The molecule has 22 heavy (non-hydrogen) atoms. The van der Waals surface area contributed by atoms with Crippen LogP contribution in [0.1, 0.15) is 6.42 Å². The number of hydrogen-bond donors (Lipinski definition) is 2. The Morgan fingerprint density at radius 2 is 2.18 bits per heavy atom. The molecule has 0 bridgehead atoms. The van der Waals surface area contributed by atoms with Crippen molar-refractivity contribution in [3.63, 3.8) is 0 Å². The Hall–Kier alpha value is -0.0200. The van der Waals surface area contributed by atoms with E-state index in [9.17, 15) is 8.42 Å². The van der Waals surface area contributed by atoms with Crippen molar-refractivity contribution < 1.29 is 18.3 Å². The summed E-state index contributed by atoms with van der Waals surface area (Å²) in [6, 6.07) is 4.29. The van der Waals surface area contributed by atoms with Crippen LogP contribution in [0.25, 0.3) is 0 Å². The highest BCUT2D eigenvalue weighted by Crippen LogP contribution is 2.32. The maximum Gasteiger partial charge on any atom is 0.242 e. The van der Waals surface area contributed by atoms with Crippen molar-refractivity contribution >= 4 is 45.0 Å². The van der Waals surface area contributed by atoms with E-state index in [1.807, 2.05) is 0 Å². The average molecular weight is 386 g/mol. The summed E-state index contributed by atoms with van der Waals surface area (Å²) in [5.74, 6) is 1.57. The number of hydrogen-bond acceptors (Lipinski definition) is 5. The second-order valence-corrected chi connectivity index (χ2v) is 8.64. The molecule has 1 aromatic carbocycles. The van der Waals surface area contributed by atoms with Crippen LogP contribution in [0.5, 0.6) is 0 Å². The first kappa shape index (κ1) is 18.3. The van der Waals surface area contributed by atoms with Crippen LogP contribution in [-0.4, -0.2) is 50.4 Å². The molecule has 1 unspecified atom stereocenters. The summed E-state index contributed by atoms with van der Waals surface area (Å²) in [6.07, 6.45) is 0.726. The summed E-state index contributed by atoms with van der Waals surface area (Å²) in [7, 11) is -3.78. The molecule has 1 aromatic rings. The molecule has 0 aliphatic carbocycles. The molecule has 9 heteroatoms. The van der Waals surface area contributed by atoms with Crippen LogP contribution in [0.15, 0.2) is 23.1 Å². The number of nitrogens with one attached hydrogen (secondary N) is 1. The third-order valence-electron chi connectivity index (χ3n) is 3.33. The lowest BCUT2D eigenvalue weighted by molar-refractivity contribution is -0.0358. The quantitative estimate of drug-likeness (QED) is 0.751. The lowest BCUT2D eigenvalue weighted by atomic mass is 10.0. The van der Waals surface area contributed by atoms with E-state index in [-0.39, 0.29) is 29.7 Å². The minimum atomic E-state index is -3.78. The van der Waals surface area contributed by atoms with Crippen LogP contribution >= 0.6 is 35.0 Å². The van der Waals surface area contributed by atoms with Gasteiger partial charge in [-0.15, -0.1) is 0 Å². The van der Waals surface area contributed by atoms with Gasteiger partial charge in [0.15, 0.2) is 0 Å². The summed E-state index contributed by atoms with van der Waals surface area (Å²) in [5.41, 5.74) is -0.592. The van der Waals surface area contributed by atoms with Gasteiger partial charge in [0.2, 0.25) is 10.0 Å². The van der Waals surface area contributed by atoms with Crippen LogP contribution in [-0.2, 0) is 14.8 Å². The Bertz CT molecular complexity index is 618. The van der Waals surface area contributed by atoms with Crippen LogP contribution in [0, 0.1) is 0 Å². The first-order valence-electron chi connectivity index (χ1n) is 6.66. The van der Waals surface area contributed by atoms with Crippen LogP contribution in [0.4, 0.5) is 0 Å². The molecule has 1 atom stereocenters. The predicted molar refractivity (Wildman–Crippen MR) is 89.4 cm³/mol. The average Bonchev–Trinajstić information content (AvgIpc) is 2.95. The first-order valence-corrected chi connectivity index (χ1v) is 10.1. The molecule has 2 rings (SSSR count). The maximum absolute atomic E-state index is 12.4. The normalized spacial score (nSPS) is 22.1. The molecule has 1 aliphatic heterocycles. The highest BCUT2D eigenvalue weighted by atomic mass is 35.5. The molecule has 124 valence electrons. The Balaban J connectivity index is 2.12. The van der Waals surface area contributed by atoms with Crippen molar-refractivity contribution in [1.82, 2.24) is 4.72 Å². The van der Waals surface area contributed by atoms with E-state index in [0.29, 0.717) is 10.8 Å². The minimum Gasteiger partial charge on any atom is -0.394 e. The Labute approximate surface area is 144 Å². The standard InChI is InChI=1S/C13H17Cl2NO4S2/c14-10-1-2-11(15)12(7-10)22(18,19)16-8-13(20-5-4-17)3-6-21-9-13/h1-2,7,16-17H,3-6,8-9H2. The topological polar surface area (TPSA) is 75.6 Å². The van der Waals surface area contributed by atoms with Gasteiger partial charge in [0.25, 0.3) is 0 Å². The number of rotatable bonds is 7. The van der Waals surface area contributed by atoms with E-state index in [1.165, 1.54) is 18.2 Å². The maximum atomic E-state index is 12.4. The molecule has 0 amide bonds. The monoisotopic (exact) mass is 385 g/mol. The smallest absolute Gasteiger partial charge is 0.242 e. The van der Waals surface area contributed by atoms with Crippen LogP contribution in [0.3, 0.4) is 0 Å². The van der Waals surface area contributed by atoms with Gasteiger partial charge >= 0.3 is 0 Å². The molecular formula is C13H17Cl2NO4S2. The van der Waals surface area contributed by atoms with E-state index in [1.54, 1.807) is 11.8 Å². The molecule has 5 nitrogen and oxygen atoms in total. The second kappa shape index (κ2) is 7.70. The van der Waals surface area contributed by atoms with Gasteiger partial charge in [0.1, 0.15) is 4.90 Å². The van der Waals surface area contributed by atoms with Crippen molar-refractivity contribution in [2.75, 3.05) is 31.3 Å². The number of ether oxygens (including phenoxy) is 1. The summed E-state index contributed by atoms with van der Waals surface area (Å²) in [5, 5.41) is 9.32. The van der Waals surface area contributed by atoms with Crippen molar-refractivity contribution in [1.29, 1.82) is 0 Å². The lowest BCUT2D eigenvalue weighted by Crippen LogP contribution is -2.45. The summed E-state index contributed by atoms with van der Waals surface area (Å²) < 4.78 is 33.0. The number of thioether (sulfide) groups is 1. The van der Waals surface area contributed by atoms with E-state index in [0.717, 1.165) is 12.2 Å². The van der Waals surface area contributed by atoms with Crippen molar-refractivity contribution in [2.45, 2.75) is 16.9 Å². The molecule has 1 aliphatic rings. The van der Waals surface area contributed by atoms with Gasteiger partial charge in [-0.3, -0.25) is 0 Å². The van der Waals surface area contributed by atoms with Crippen molar-refractivity contribution in [3.05, 3.63) is 28.2 Å². The molecule has 1 fully saturated rings. The molecule has 0 spiro atoms. The third kappa shape index (κ3) is 4.50. The summed E-state index contributed by atoms with van der Waals surface area (Å²) in [6.45, 7) is 0.213. The highest BCUT2D eigenvalue weighted by molar-refractivity contribution is 7.99. The largest absolute Gasteiger partial charge is 0.394 e. The molecule has 0 radical (unpaired) electrons. The SMILES string of the molecule is O=S(=O)(NCC1(OCCO)CCSC1)c1cc(Cl)ccc1Cl. The number of aliphatic hydroxyl groups is 1. The minimum absolute atomic E-state index is 0.0513. The van der Waals surface area contributed by atoms with Gasteiger partial charge in [-0.2, -0.15) is 11.8 Å². The van der Waals surface area contributed by atoms with Gasteiger partial charge < -0.3 is 9.84 Å². The zero-order valence-electron chi connectivity index (χ0n) is 11.7. The van der Waals surface area contributed by atoms with Crippen LogP contribution < -0.4 is 4.72 Å². The number of sulfonamides is 1. The fourth-order valence-corrected chi connectivity index (χ4v) is 5.38. The fraction of sp³-hybridized carbons (Fsp3) is 0.538. The lowest BCUT2D eigenvalue weighted by Gasteiger charge is -2.28.